The van der Waals surface area contributed by atoms with Crippen LogP contribution in [-0.4, -0.2) is 78.1 Å². The first-order chi connectivity index (χ1) is 16.9. The number of amides is 2. The maximum Gasteiger partial charge on any atom is 0.253 e. The number of ether oxygens (including phenoxy) is 1. The summed E-state index contributed by atoms with van der Waals surface area (Å²) >= 11 is 0. The Labute approximate surface area is 206 Å². The van der Waals surface area contributed by atoms with Crippen LogP contribution in [0, 0.1) is 5.92 Å². The Morgan fingerprint density at radius 1 is 1.17 bits per heavy atom. The number of hydrogen-bond acceptors (Lipinski definition) is 5. The second kappa shape index (κ2) is 11.0. The molecule has 1 atom stereocenters. The lowest BCUT2D eigenvalue weighted by Crippen LogP contribution is -2.36. The average molecular weight is 478 g/mol. The van der Waals surface area contributed by atoms with Gasteiger partial charge in [0.05, 0.1) is 16.7 Å². The molecule has 1 aromatic heterocycles. The fourth-order valence-corrected chi connectivity index (χ4v) is 4.97. The highest BCUT2D eigenvalue weighted by molar-refractivity contribution is 6.06. The first-order valence-electron chi connectivity index (χ1n) is 12.2. The molecule has 8 nitrogen and oxygen atoms in total. The Kier molecular flexibility index (Phi) is 7.83. The van der Waals surface area contributed by atoms with Crippen molar-refractivity contribution in [3.63, 3.8) is 0 Å². The maximum absolute atomic E-state index is 13.4. The number of nitrogens with zero attached hydrogens (tertiary/aromatic N) is 4. The molecule has 0 bridgehead atoms. The number of methoxy groups -OCH3 is 1. The molecule has 1 saturated heterocycles. The molecule has 1 fully saturated rings. The summed E-state index contributed by atoms with van der Waals surface area (Å²) in [5.74, 6) is 0.758. The van der Waals surface area contributed by atoms with Crippen LogP contribution < -0.4 is 5.32 Å². The zero-order chi connectivity index (χ0) is 24.9. The van der Waals surface area contributed by atoms with Gasteiger partial charge in [-0.1, -0.05) is 37.3 Å². The molecule has 2 amide bonds. The van der Waals surface area contributed by atoms with E-state index in [2.05, 4.69) is 17.1 Å². The largest absolute Gasteiger partial charge is 0.375 e. The molecule has 1 aliphatic heterocycles. The number of anilines is 1. The minimum Gasteiger partial charge on any atom is -0.375 e. The first kappa shape index (κ1) is 24.9. The monoisotopic (exact) mass is 477 g/mol. The fourth-order valence-electron chi connectivity index (χ4n) is 4.97. The summed E-state index contributed by atoms with van der Waals surface area (Å²) in [6.45, 7) is 6.06. The third-order valence-electron chi connectivity index (χ3n) is 6.50. The van der Waals surface area contributed by atoms with Gasteiger partial charge in [0.25, 0.3) is 5.91 Å². The molecule has 1 N–H and O–H groups in total. The van der Waals surface area contributed by atoms with Crippen molar-refractivity contribution in [3.05, 3.63) is 48.0 Å². The lowest BCUT2D eigenvalue weighted by molar-refractivity contribution is -0.119. The summed E-state index contributed by atoms with van der Waals surface area (Å²) in [6, 6.07) is 13.4. The molecule has 35 heavy (non-hydrogen) atoms. The van der Waals surface area contributed by atoms with Gasteiger partial charge in [-0.3, -0.25) is 9.59 Å². The summed E-state index contributed by atoms with van der Waals surface area (Å²) in [7, 11) is 5.23. The molecule has 2 aromatic carbocycles. The molecule has 0 radical (unpaired) electrons. The van der Waals surface area contributed by atoms with E-state index < -0.39 is 0 Å². The van der Waals surface area contributed by atoms with Crippen LogP contribution in [0.2, 0.25) is 0 Å². The molecule has 4 rings (SSSR count). The summed E-state index contributed by atoms with van der Waals surface area (Å²) in [6.07, 6.45) is 2.52. The number of rotatable bonds is 9. The average Bonchev–Trinajstić information content (AvgIpc) is 3.46. The molecule has 0 spiro atoms. The van der Waals surface area contributed by atoms with Crippen LogP contribution in [0.4, 0.5) is 5.69 Å². The third-order valence-corrected chi connectivity index (χ3v) is 6.50. The number of carbonyl (C=O) groups excluding carboxylic acids is 2. The van der Waals surface area contributed by atoms with Gasteiger partial charge < -0.3 is 24.4 Å². The van der Waals surface area contributed by atoms with Gasteiger partial charge in [-0.25, -0.2) is 4.98 Å². The molecule has 0 saturated carbocycles. The van der Waals surface area contributed by atoms with E-state index in [0.29, 0.717) is 29.2 Å². The number of likely N-dealkylation sites (tertiary alicyclic amines) is 1. The third kappa shape index (κ3) is 5.71. The van der Waals surface area contributed by atoms with E-state index in [1.807, 2.05) is 55.1 Å². The quantitative estimate of drug-likeness (QED) is 0.509. The standard InChI is InChI=1S/C27H35N5O3/c1-19(17-32-12-8-9-13-32)16-30(2)27(34)21-14-22(28-24(33)18-35-4)25-23(15-21)29-26(31(25)3)20-10-6-5-7-11-20/h5-7,10-11,14-15,19H,8-9,12-13,16-18H2,1-4H3,(H,28,33). The van der Waals surface area contributed by atoms with Crippen LogP contribution in [0.1, 0.15) is 30.1 Å². The second-order valence-electron chi connectivity index (χ2n) is 9.53. The Morgan fingerprint density at radius 3 is 2.57 bits per heavy atom. The van der Waals surface area contributed by atoms with Crippen LogP contribution in [-0.2, 0) is 16.6 Å². The molecule has 0 aliphatic carbocycles. The molecule has 8 heteroatoms. The van der Waals surface area contributed by atoms with Crippen molar-refractivity contribution in [3.8, 4) is 11.4 Å². The summed E-state index contributed by atoms with van der Waals surface area (Å²) < 4.78 is 6.94. The fraction of sp³-hybridized carbons (Fsp3) is 0.444. The van der Waals surface area contributed by atoms with E-state index in [-0.39, 0.29) is 18.4 Å². The van der Waals surface area contributed by atoms with Crippen molar-refractivity contribution < 1.29 is 14.3 Å². The number of aryl methyl sites for hydroxylation is 1. The predicted octanol–water partition coefficient (Wildman–Crippen LogP) is 3.63. The molecule has 1 aliphatic rings. The highest BCUT2D eigenvalue weighted by Gasteiger charge is 2.22. The van der Waals surface area contributed by atoms with Crippen LogP contribution in [0.3, 0.4) is 0 Å². The number of aromatic nitrogens is 2. The summed E-state index contributed by atoms with van der Waals surface area (Å²) in [5.41, 5.74) is 3.42. The van der Waals surface area contributed by atoms with Gasteiger partial charge in [-0.05, 0) is 44.0 Å². The highest BCUT2D eigenvalue weighted by Crippen LogP contribution is 2.31. The Morgan fingerprint density at radius 2 is 1.89 bits per heavy atom. The van der Waals surface area contributed by atoms with E-state index in [4.69, 9.17) is 9.72 Å². The van der Waals surface area contributed by atoms with Gasteiger partial charge in [0.15, 0.2) is 0 Å². The normalized spacial score (nSPS) is 14.9. The van der Waals surface area contributed by atoms with Crippen LogP contribution in [0.15, 0.2) is 42.5 Å². The minimum absolute atomic E-state index is 0.0724. The number of imidazole rings is 1. The highest BCUT2D eigenvalue weighted by atomic mass is 16.5. The zero-order valence-electron chi connectivity index (χ0n) is 21.1. The summed E-state index contributed by atoms with van der Waals surface area (Å²) in [5, 5.41) is 2.91. The van der Waals surface area contributed by atoms with Gasteiger partial charge in [0.2, 0.25) is 5.91 Å². The van der Waals surface area contributed by atoms with E-state index in [0.717, 1.165) is 36.5 Å². The number of nitrogens with one attached hydrogen (secondary N) is 1. The number of carbonyl (C=O) groups is 2. The molecule has 3 aromatic rings. The lowest BCUT2D eigenvalue weighted by Gasteiger charge is -2.25. The van der Waals surface area contributed by atoms with E-state index in [1.165, 1.54) is 20.0 Å². The Bertz CT molecular complexity index is 1180. The van der Waals surface area contributed by atoms with Crippen LogP contribution in [0.25, 0.3) is 22.4 Å². The topological polar surface area (TPSA) is 79.7 Å². The first-order valence-corrected chi connectivity index (χ1v) is 12.2. The molecular weight excluding hydrogens is 442 g/mol. The van der Waals surface area contributed by atoms with Crippen molar-refractivity contribution in [1.82, 2.24) is 19.4 Å². The molecule has 2 heterocycles. The van der Waals surface area contributed by atoms with Gasteiger partial charge in [-0.15, -0.1) is 0 Å². The van der Waals surface area contributed by atoms with Gasteiger partial charge >= 0.3 is 0 Å². The van der Waals surface area contributed by atoms with Crippen molar-refractivity contribution in [2.75, 3.05) is 52.3 Å². The number of fused-ring (bicyclic) bond motifs is 1. The van der Waals surface area contributed by atoms with E-state index >= 15 is 0 Å². The molecule has 1 unspecified atom stereocenters. The predicted molar refractivity (Wildman–Crippen MR) is 138 cm³/mol. The lowest BCUT2D eigenvalue weighted by atomic mass is 10.1. The van der Waals surface area contributed by atoms with Crippen molar-refractivity contribution >= 4 is 28.5 Å². The minimum atomic E-state index is -0.284. The summed E-state index contributed by atoms with van der Waals surface area (Å²) in [4.78, 5) is 34.9. The number of hydrogen-bond donors (Lipinski definition) is 1. The van der Waals surface area contributed by atoms with Gasteiger partial charge in [-0.2, -0.15) is 0 Å². The van der Waals surface area contributed by atoms with E-state index in [9.17, 15) is 9.59 Å². The Balaban J connectivity index is 1.65. The smallest absolute Gasteiger partial charge is 0.253 e. The van der Waals surface area contributed by atoms with Gasteiger partial charge in [0, 0.05) is 45.4 Å². The molecular formula is C27H35N5O3. The maximum atomic E-state index is 13.4. The number of benzene rings is 2. The van der Waals surface area contributed by atoms with E-state index in [1.54, 1.807) is 11.0 Å². The van der Waals surface area contributed by atoms with Crippen molar-refractivity contribution in [2.24, 2.45) is 13.0 Å². The second-order valence-corrected chi connectivity index (χ2v) is 9.53. The molecule has 186 valence electrons. The van der Waals surface area contributed by atoms with Gasteiger partial charge in [0.1, 0.15) is 12.4 Å². The van der Waals surface area contributed by atoms with Crippen LogP contribution >= 0.6 is 0 Å². The van der Waals surface area contributed by atoms with Crippen molar-refractivity contribution in [2.45, 2.75) is 19.8 Å². The zero-order valence-corrected chi connectivity index (χ0v) is 21.1. The Hall–Kier alpha value is -3.23. The van der Waals surface area contributed by atoms with Crippen molar-refractivity contribution in [1.29, 1.82) is 0 Å². The SMILES string of the molecule is COCC(=O)Nc1cc(C(=O)N(C)CC(C)CN2CCCC2)cc2nc(-c3ccccc3)n(C)c12. The van der Waals surface area contributed by atoms with Crippen LogP contribution in [0.5, 0.6) is 0 Å².